The Morgan fingerprint density at radius 2 is 1.97 bits per heavy atom. The largest absolute Gasteiger partial charge is 0.418 e. The third-order valence-corrected chi connectivity index (χ3v) is 6.85. The van der Waals surface area contributed by atoms with Crippen molar-refractivity contribution in [3.05, 3.63) is 45.1 Å². The molecular formula is C22H23F3N2O3S. The molecule has 0 saturated carbocycles. The number of carbonyl (C=O) groups excluding carboxylic acids is 2. The quantitative estimate of drug-likeness (QED) is 0.665. The molecule has 4 rings (SSSR count). The Balaban J connectivity index is 1.53. The van der Waals surface area contributed by atoms with Crippen molar-refractivity contribution < 1.29 is 27.5 Å². The van der Waals surface area contributed by atoms with E-state index in [2.05, 4.69) is 17.6 Å². The minimum Gasteiger partial charge on any atom is -0.368 e. The summed E-state index contributed by atoms with van der Waals surface area (Å²) in [6.45, 7) is 2.61. The Hall–Kier alpha value is -2.39. The van der Waals surface area contributed by atoms with Crippen molar-refractivity contribution in [2.75, 3.05) is 17.2 Å². The number of amides is 2. The number of halogens is 3. The van der Waals surface area contributed by atoms with E-state index in [-0.39, 0.29) is 11.4 Å². The van der Waals surface area contributed by atoms with E-state index in [1.165, 1.54) is 23.5 Å². The van der Waals surface area contributed by atoms with E-state index in [9.17, 15) is 22.8 Å². The number of fused-ring (bicyclic) bond motifs is 1. The molecule has 9 heteroatoms. The lowest BCUT2D eigenvalue weighted by molar-refractivity contribution is -0.137. The van der Waals surface area contributed by atoms with Crippen molar-refractivity contribution >= 4 is 34.5 Å². The van der Waals surface area contributed by atoms with Crippen LogP contribution in [0.4, 0.5) is 24.5 Å². The number of hydrogen-bond acceptors (Lipinski definition) is 4. The Bertz CT molecular complexity index is 996. The number of anilines is 2. The number of aryl methyl sites for hydroxylation is 1. The summed E-state index contributed by atoms with van der Waals surface area (Å²) >= 11 is 1.34. The first-order valence-electron chi connectivity index (χ1n) is 10.3. The molecule has 2 amide bonds. The van der Waals surface area contributed by atoms with E-state index in [0.717, 1.165) is 42.2 Å². The first-order chi connectivity index (χ1) is 14.7. The summed E-state index contributed by atoms with van der Waals surface area (Å²) in [5, 5.41) is 4.87. The predicted molar refractivity (Wildman–Crippen MR) is 113 cm³/mol. The third kappa shape index (κ3) is 4.93. The van der Waals surface area contributed by atoms with Crippen molar-refractivity contribution in [1.82, 2.24) is 0 Å². The molecule has 1 aliphatic heterocycles. The molecule has 2 aromatic rings. The van der Waals surface area contributed by atoms with Crippen LogP contribution < -0.4 is 10.6 Å². The second-order valence-corrected chi connectivity index (χ2v) is 9.25. The molecule has 2 heterocycles. The fourth-order valence-electron chi connectivity index (χ4n) is 3.97. The van der Waals surface area contributed by atoms with E-state index < -0.39 is 29.7 Å². The molecule has 0 radical (unpaired) electrons. The molecule has 0 spiro atoms. The van der Waals surface area contributed by atoms with Crippen LogP contribution in [-0.4, -0.2) is 24.5 Å². The number of alkyl halides is 3. The van der Waals surface area contributed by atoms with E-state index in [0.29, 0.717) is 23.8 Å². The average molecular weight is 452 g/mol. The molecule has 1 aromatic heterocycles. The van der Waals surface area contributed by atoms with Crippen molar-refractivity contribution in [2.24, 2.45) is 5.92 Å². The summed E-state index contributed by atoms with van der Waals surface area (Å²) in [6.07, 6.45) is -1.25. The Kier molecular flexibility index (Phi) is 6.07. The highest BCUT2D eigenvalue weighted by molar-refractivity contribution is 7.14. The summed E-state index contributed by atoms with van der Waals surface area (Å²) in [6, 6.07) is 5.14. The highest BCUT2D eigenvalue weighted by atomic mass is 32.1. The Morgan fingerprint density at radius 1 is 1.16 bits per heavy atom. The molecule has 0 bridgehead atoms. The van der Waals surface area contributed by atoms with Gasteiger partial charge in [-0.3, -0.25) is 9.59 Å². The Labute approximate surface area is 182 Å². The average Bonchev–Trinajstić information content (AvgIpc) is 3.37. The van der Waals surface area contributed by atoms with Gasteiger partial charge in [0.05, 0.1) is 16.1 Å². The van der Waals surface area contributed by atoms with Crippen LogP contribution in [0.3, 0.4) is 0 Å². The first kappa shape index (κ1) is 21.8. The van der Waals surface area contributed by atoms with Crippen molar-refractivity contribution in [3.8, 4) is 0 Å². The lowest BCUT2D eigenvalue weighted by atomic mass is 9.90. The lowest BCUT2D eigenvalue weighted by Crippen LogP contribution is -2.27. The summed E-state index contributed by atoms with van der Waals surface area (Å²) < 4.78 is 46.2. The van der Waals surface area contributed by atoms with Gasteiger partial charge in [0, 0.05) is 17.2 Å². The van der Waals surface area contributed by atoms with Gasteiger partial charge in [0.15, 0.2) is 0 Å². The highest BCUT2D eigenvalue weighted by Gasteiger charge is 2.35. The fourth-order valence-corrected chi connectivity index (χ4v) is 5.08. The monoisotopic (exact) mass is 452 g/mol. The second kappa shape index (κ2) is 8.63. The van der Waals surface area contributed by atoms with Gasteiger partial charge in [-0.15, -0.1) is 11.3 Å². The van der Waals surface area contributed by atoms with Gasteiger partial charge >= 0.3 is 6.18 Å². The van der Waals surface area contributed by atoms with Crippen molar-refractivity contribution in [2.45, 2.75) is 51.3 Å². The van der Waals surface area contributed by atoms with E-state index in [1.54, 1.807) is 6.07 Å². The smallest absolute Gasteiger partial charge is 0.368 e. The predicted octanol–water partition coefficient (Wildman–Crippen LogP) is 5.26. The van der Waals surface area contributed by atoms with Crippen molar-refractivity contribution in [3.63, 3.8) is 0 Å². The summed E-state index contributed by atoms with van der Waals surface area (Å²) in [5.41, 5.74) is -0.239. The minimum atomic E-state index is -4.70. The summed E-state index contributed by atoms with van der Waals surface area (Å²) in [4.78, 5) is 26.4. The zero-order valence-corrected chi connectivity index (χ0v) is 17.8. The molecule has 1 saturated heterocycles. The molecule has 1 fully saturated rings. The summed E-state index contributed by atoms with van der Waals surface area (Å²) in [5.74, 6) is -0.498. The topological polar surface area (TPSA) is 67.4 Å². The number of nitrogens with one attached hydrogen (secondary N) is 2. The van der Waals surface area contributed by atoms with Gasteiger partial charge in [0.1, 0.15) is 6.10 Å². The standard InChI is InChI=1S/C22H23F3N2O3S/c1-12-4-7-18-13(9-12)10-19(31-18)21(29)27-16-6-5-14(11-15(16)22(23,24)25)26-20(28)17-3-2-8-30-17/h5-6,10-12,17H,2-4,7-9H2,1H3,(H,26,28)(H,27,29). The molecule has 166 valence electrons. The number of rotatable bonds is 4. The van der Waals surface area contributed by atoms with Crippen LogP contribution in [0, 0.1) is 5.92 Å². The maximum Gasteiger partial charge on any atom is 0.418 e. The number of benzene rings is 1. The molecule has 2 unspecified atom stereocenters. The van der Waals surface area contributed by atoms with Gasteiger partial charge in [-0.1, -0.05) is 6.92 Å². The molecular weight excluding hydrogens is 429 g/mol. The van der Waals surface area contributed by atoms with Crippen molar-refractivity contribution in [1.29, 1.82) is 0 Å². The number of ether oxygens (including phenoxy) is 1. The normalized spacial score (nSPS) is 20.9. The number of carbonyl (C=O) groups is 2. The fraction of sp³-hybridized carbons (Fsp3) is 0.455. The molecule has 2 N–H and O–H groups in total. The van der Waals surface area contributed by atoms with Gasteiger partial charge in [0.2, 0.25) is 0 Å². The lowest BCUT2D eigenvalue weighted by Gasteiger charge is -2.16. The van der Waals surface area contributed by atoms with Crippen LogP contribution in [-0.2, 0) is 28.5 Å². The van der Waals surface area contributed by atoms with Crippen LogP contribution in [0.2, 0.25) is 0 Å². The van der Waals surface area contributed by atoms with E-state index >= 15 is 0 Å². The highest BCUT2D eigenvalue weighted by Crippen LogP contribution is 2.38. The molecule has 2 atom stereocenters. The zero-order chi connectivity index (χ0) is 22.2. The maximum absolute atomic E-state index is 13.7. The molecule has 2 aliphatic rings. The second-order valence-electron chi connectivity index (χ2n) is 8.11. The summed E-state index contributed by atoms with van der Waals surface area (Å²) in [7, 11) is 0. The van der Waals surface area contributed by atoms with Crippen LogP contribution >= 0.6 is 11.3 Å². The Morgan fingerprint density at radius 3 is 2.68 bits per heavy atom. The SMILES string of the molecule is CC1CCc2sc(C(=O)Nc3ccc(NC(=O)C4CCCO4)cc3C(F)(F)F)cc2C1. The number of thiophene rings is 1. The molecule has 5 nitrogen and oxygen atoms in total. The van der Waals surface area contributed by atoms with Gasteiger partial charge in [-0.05, 0) is 67.9 Å². The van der Waals surface area contributed by atoms with Crippen LogP contribution in [0.1, 0.15) is 51.9 Å². The zero-order valence-electron chi connectivity index (χ0n) is 17.0. The van der Waals surface area contributed by atoms with Gasteiger partial charge in [-0.2, -0.15) is 13.2 Å². The minimum absolute atomic E-state index is 0.00593. The van der Waals surface area contributed by atoms with E-state index in [4.69, 9.17) is 4.74 Å². The molecule has 31 heavy (non-hydrogen) atoms. The van der Waals surface area contributed by atoms with Gasteiger partial charge in [0.25, 0.3) is 11.8 Å². The van der Waals surface area contributed by atoms with Crippen LogP contribution in [0.25, 0.3) is 0 Å². The maximum atomic E-state index is 13.7. The number of hydrogen-bond donors (Lipinski definition) is 2. The van der Waals surface area contributed by atoms with Crippen LogP contribution in [0.15, 0.2) is 24.3 Å². The third-order valence-electron chi connectivity index (χ3n) is 5.62. The van der Waals surface area contributed by atoms with Gasteiger partial charge in [-0.25, -0.2) is 0 Å². The molecule has 1 aromatic carbocycles. The van der Waals surface area contributed by atoms with Gasteiger partial charge < -0.3 is 15.4 Å². The van der Waals surface area contributed by atoms with Crippen LogP contribution in [0.5, 0.6) is 0 Å². The molecule has 1 aliphatic carbocycles. The first-order valence-corrected chi connectivity index (χ1v) is 11.1. The van der Waals surface area contributed by atoms with E-state index in [1.807, 2.05) is 0 Å².